The van der Waals surface area contributed by atoms with Crippen molar-refractivity contribution in [1.82, 2.24) is 19.6 Å². The molecule has 0 amide bonds. The first-order valence-electron chi connectivity index (χ1n) is 26.3. The number of rotatable bonds is 37. The maximum Gasteiger partial charge on any atom is 0.320 e. The predicted octanol–water partition coefficient (Wildman–Crippen LogP) is 12.0. The van der Waals surface area contributed by atoms with Gasteiger partial charge in [0.15, 0.2) is 6.23 Å². The topological polar surface area (TPSA) is 114 Å². The Hall–Kier alpha value is -2.53. The van der Waals surface area contributed by atoms with Crippen LogP contribution in [-0.2, 0) is 32.1 Å². The summed E-state index contributed by atoms with van der Waals surface area (Å²) in [5.41, 5.74) is 2.62. The molecular weight excluding hydrogens is 789 g/mol. The summed E-state index contributed by atoms with van der Waals surface area (Å²) in [6.45, 7) is 14.9. The summed E-state index contributed by atoms with van der Waals surface area (Å²) in [6, 6.07) is 7.82. The van der Waals surface area contributed by atoms with Crippen LogP contribution in [0.25, 0.3) is 0 Å². The van der Waals surface area contributed by atoms with E-state index in [2.05, 4.69) is 71.6 Å². The van der Waals surface area contributed by atoms with Gasteiger partial charge in [0.25, 0.3) is 6.47 Å². The van der Waals surface area contributed by atoms with Crippen molar-refractivity contribution in [3.63, 3.8) is 0 Å². The molecule has 0 aliphatic carbocycles. The number of carboxylic acids is 2. The van der Waals surface area contributed by atoms with Gasteiger partial charge in [-0.2, -0.15) is 0 Å². The van der Waals surface area contributed by atoms with Crippen LogP contribution in [-0.4, -0.2) is 119 Å². The molecule has 2 rings (SSSR count). The van der Waals surface area contributed by atoms with E-state index in [-0.39, 0.29) is 6.23 Å². The molecule has 2 N–H and O–H groups in total. The number of aryl methyl sites for hydroxylation is 1. The lowest BCUT2D eigenvalue weighted by atomic mass is 10.0. The van der Waals surface area contributed by atoms with Crippen molar-refractivity contribution in [2.45, 2.75) is 232 Å². The van der Waals surface area contributed by atoms with Crippen LogP contribution in [0.5, 0.6) is 0 Å². The summed E-state index contributed by atoms with van der Waals surface area (Å²) >= 11 is 0. The van der Waals surface area contributed by atoms with Crippen molar-refractivity contribution in [3.05, 3.63) is 35.4 Å². The highest BCUT2D eigenvalue weighted by Gasteiger charge is 2.31. The molecule has 0 saturated carbocycles. The van der Waals surface area contributed by atoms with Crippen molar-refractivity contribution in [2.24, 2.45) is 0 Å². The van der Waals surface area contributed by atoms with Gasteiger partial charge in [-0.25, -0.2) is 0 Å². The molecule has 0 bridgehead atoms. The SMILES string of the molecule is CCCCCCCCc1ccc(CN2CCN(C(CCCCCCCC)OC=O)CCN(C(CCCCCCCC)C(=O)O)CCN(C(CCCCCCCC)C(=O)O)CC2)cc1. The van der Waals surface area contributed by atoms with Gasteiger partial charge in [0.05, 0.1) is 0 Å². The molecule has 0 radical (unpaired) electrons. The zero-order valence-electron chi connectivity index (χ0n) is 41.1. The fourth-order valence-corrected chi connectivity index (χ4v) is 9.41. The number of unbranched alkanes of at least 4 members (excludes halogenated alkanes) is 20. The van der Waals surface area contributed by atoms with Crippen LogP contribution in [0.4, 0.5) is 0 Å². The second-order valence-electron chi connectivity index (χ2n) is 18.8. The number of aliphatic carboxylic acids is 2. The van der Waals surface area contributed by atoms with Gasteiger partial charge in [0.1, 0.15) is 12.1 Å². The van der Waals surface area contributed by atoms with E-state index >= 15 is 0 Å². The summed E-state index contributed by atoms with van der Waals surface area (Å²) in [5, 5.41) is 21.5. The van der Waals surface area contributed by atoms with E-state index in [1.807, 2.05) is 0 Å². The molecule has 1 saturated heterocycles. The Balaban J connectivity index is 2.42. The lowest BCUT2D eigenvalue weighted by molar-refractivity contribution is -0.148. The molecule has 1 fully saturated rings. The normalized spacial score (nSPS) is 16.8. The molecule has 1 aliphatic heterocycles. The van der Waals surface area contributed by atoms with E-state index in [0.29, 0.717) is 65.1 Å². The molecule has 1 aromatic carbocycles. The fourth-order valence-electron chi connectivity index (χ4n) is 9.41. The first kappa shape index (κ1) is 56.6. The van der Waals surface area contributed by atoms with Crippen LogP contribution in [0.15, 0.2) is 24.3 Å². The minimum atomic E-state index is -0.812. The van der Waals surface area contributed by atoms with Crippen LogP contribution >= 0.6 is 0 Å². The van der Waals surface area contributed by atoms with Gasteiger partial charge in [-0.05, 0) is 49.7 Å². The van der Waals surface area contributed by atoms with Gasteiger partial charge in [0, 0.05) is 58.9 Å². The summed E-state index contributed by atoms with van der Waals surface area (Å²) < 4.78 is 5.88. The number of benzene rings is 1. The molecule has 364 valence electrons. The van der Waals surface area contributed by atoms with Crippen LogP contribution in [0.1, 0.15) is 212 Å². The first-order valence-corrected chi connectivity index (χ1v) is 26.3. The number of carboxylic acid groups (broad SMARTS) is 2. The lowest BCUT2D eigenvalue weighted by Gasteiger charge is -2.39. The highest BCUT2D eigenvalue weighted by atomic mass is 16.5. The molecule has 3 unspecified atom stereocenters. The van der Waals surface area contributed by atoms with Gasteiger partial charge < -0.3 is 14.9 Å². The third-order valence-corrected chi connectivity index (χ3v) is 13.5. The van der Waals surface area contributed by atoms with Crippen LogP contribution in [0, 0.1) is 0 Å². The van der Waals surface area contributed by atoms with E-state index < -0.39 is 24.0 Å². The molecule has 1 aromatic rings. The number of hydrogen-bond acceptors (Lipinski definition) is 8. The Morgan fingerprint density at radius 1 is 0.492 bits per heavy atom. The molecule has 63 heavy (non-hydrogen) atoms. The van der Waals surface area contributed by atoms with Gasteiger partial charge in [0.2, 0.25) is 0 Å². The standard InChI is InChI=1S/C53H96N4O6/c1-5-9-13-17-21-25-29-47-33-35-48(36-34-47)45-54-37-39-55(49(52(59)60)30-26-22-18-14-10-6-2)41-42-56(50(53(61)62)31-27-23-19-15-11-7-3)43-44-57(40-38-54)51(63-46-58)32-28-24-20-16-12-8-4/h33-36,46,49-51H,5-32,37-45H2,1-4H3,(H,59,60)(H,61,62). The Morgan fingerprint density at radius 3 is 1.27 bits per heavy atom. The number of ether oxygens (including phenoxy) is 1. The molecule has 0 aromatic heterocycles. The zero-order chi connectivity index (χ0) is 45.8. The van der Waals surface area contributed by atoms with Gasteiger partial charge in [-0.15, -0.1) is 0 Å². The molecule has 1 heterocycles. The number of hydrogen-bond donors (Lipinski definition) is 2. The summed E-state index contributed by atoms with van der Waals surface area (Å²) in [6.07, 6.45) is 30.4. The molecular formula is C53H96N4O6. The van der Waals surface area contributed by atoms with Gasteiger partial charge in [-0.1, -0.05) is 193 Å². The van der Waals surface area contributed by atoms with Crippen molar-refractivity contribution in [3.8, 4) is 0 Å². The van der Waals surface area contributed by atoms with E-state index in [9.17, 15) is 24.6 Å². The summed E-state index contributed by atoms with van der Waals surface area (Å²) in [7, 11) is 0. The Kier molecular flexibility index (Phi) is 33.8. The second kappa shape index (κ2) is 37.7. The quantitative estimate of drug-likeness (QED) is 0.0494. The van der Waals surface area contributed by atoms with Gasteiger partial charge >= 0.3 is 11.9 Å². The highest BCUT2D eigenvalue weighted by molar-refractivity contribution is 5.74. The van der Waals surface area contributed by atoms with E-state index in [1.165, 1.54) is 114 Å². The molecule has 10 nitrogen and oxygen atoms in total. The smallest absolute Gasteiger partial charge is 0.320 e. The molecule has 0 spiro atoms. The van der Waals surface area contributed by atoms with Crippen LogP contribution in [0.3, 0.4) is 0 Å². The zero-order valence-corrected chi connectivity index (χ0v) is 41.1. The maximum absolute atomic E-state index is 13.1. The largest absolute Gasteiger partial charge is 0.480 e. The molecule has 3 atom stereocenters. The van der Waals surface area contributed by atoms with Crippen LogP contribution < -0.4 is 0 Å². The summed E-state index contributed by atoms with van der Waals surface area (Å²) in [4.78, 5) is 47.2. The van der Waals surface area contributed by atoms with E-state index in [0.717, 1.165) is 77.3 Å². The summed E-state index contributed by atoms with van der Waals surface area (Å²) in [5.74, 6) is -1.60. The molecule has 1 aliphatic rings. The third kappa shape index (κ3) is 26.3. The van der Waals surface area contributed by atoms with Crippen molar-refractivity contribution in [1.29, 1.82) is 0 Å². The van der Waals surface area contributed by atoms with Crippen molar-refractivity contribution >= 4 is 18.4 Å². The Labute approximate surface area is 386 Å². The molecule has 10 heteroatoms. The predicted molar refractivity (Wildman–Crippen MR) is 261 cm³/mol. The highest BCUT2D eigenvalue weighted by Crippen LogP contribution is 2.20. The van der Waals surface area contributed by atoms with Gasteiger partial charge in [-0.3, -0.25) is 34.0 Å². The maximum atomic E-state index is 13.1. The number of carbonyl (C=O) groups is 3. The lowest BCUT2D eigenvalue weighted by Crippen LogP contribution is -2.54. The average molecular weight is 885 g/mol. The first-order chi connectivity index (χ1) is 30.8. The Bertz CT molecular complexity index is 1270. The van der Waals surface area contributed by atoms with Crippen molar-refractivity contribution < 1.29 is 29.3 Å². The monoisotopic (exact) mass is 885 g/mol. The Morgan fingerprint density at radius 2 is 0.841 bits per heavy atom. The van der Waals surface area contributed by atoms with E-state index in [4.69, 9.17) is 4.74 Å². The number of carbonyl (C=O) groups excluding carboxylic acids is 1. The van der Waals surface area contributed by atoms with Crippen LogP contribution in [0.2, 0.25) is 0 Å². The minimum Gasteiger partial charge on any atom is -0.480 e. The van der Waals surface area contributed by atoms with E-state index in [1.54, 1.807) is 0 Å². The fraction of sp³-hybridized carbons (Fsp3) is 0.830. The third-order valence-electron chi connectivity index (χ3n) is 13.5. The van der Waals surface area contributed by atoms with Crippen molar-refractivity contribution in [2.75, 3.05) is 52.4 Å². The second-order valence-corrected chi connectivity index (χ2v) is 18.8. The minimum absolute atomic E-state index is 0.381. The number of nitrogens with zero attached hydrogens (tertiary/aromatic N) is 4. The average Bonchev–Trinajstić information content (AvgIpc) is 3.27.